The summed E-state index contributed by atoms with van der Waals surface area (Å²) in [4.78, 5) is 22.4. The molecule has 4 N–H and O–H groups in total. The lowest BCUT2D eigenvalue weighted by Gasteiger charge is -2.14. The summed E-state index contributed by atoms with van der Waals surface area (Å²) < 4.78 is 5.07. The third kappa shape index (κ3) is 6.44. The summed E-state index contributed by atoms with van der Waals surface area (Å²) >= 11 is 0. The predicted octanol–water partition coefficient (Wildman–Crippen LogP) is 2.14. The molecule has 0 fully saturated rings. The summed E-state index contributed by atoms with van der Waals surface area (Å²) in [5.41, 5.74) is 5.57. The van der Waals surface area contributed by atoms with Crippen LogP contribution in [0.25, 0.3) is 0 Å². The largest absolute Gasteiger partial charge is 0.475 e. The molecule has 0 aliphatic carbocycles. The molecule has 118 valence electrons. The topological polar surface area (TPSA) is 106 Å². The van der Waals surface area contributed by atoms with Gasteiger partial charge in [-0.05, 0) is 37.4 Å². The molecule has 0 spiro atoms. The highest BCUT2D eigenvalue weighted by molar-refractivity contribution is 5.84. The van der Waals surface area contributed by atoms with Gasteiger partial charge in [0.15, 0.2) is 0 Å². The highest BCUT2D eigenvalue weighted by Crippen LogP contribution is 2.17. The molecule has 1 heterocycles. The van der Waals surface area contributed by atoms with Crippen molar-refractivity contribution in [3.63, 3.8) is 0 Å². The van der Waals surface area contributed by atoms with E-state index >= 15 is 0 Å². The minimum atomic E-state index is -1.11. The van der Waals surface area contributed by atoms with Crippen LogP contribution in [0.15, 0.2) is 16.5 Å². The van der Waals surface area contributed by atoms with Gasteiger partial charge in [-0.3, -0.25) is 4.79 Å². The van der Waals surface area contributed by atoms with Crippen molar-refractivity contribution in [3.05, 3.63) is 23.7 Å². The molecule has 0 aliphatic heterocycles. The van der Waals surface area contributed by atoms with E-state index in [9.17, 15) is 9.59 Å². The van der Waals surface area contributed by atoms with Crippen molar-refractivity contribution < 1.29 is 19.1 Å². The summed E-state index contributed by atoms with van der Waals surface area (Å²) in [6.07, 6.45) is 4.41. The molecule has 1 atom stereocenters. The van der Waals surface area contributed by atoms with Crippen LogP contribution < -0.4 is 11.1 Å². The maximum Gasteiger partial charge on any atom is 0.371 e. The fourth-order valence-corrected chi connectivity index (χ4v) is 2.27. The van der Waals surface area contributed by atoms with Crippen molar-refractivity contribution in [1.29, 1.82) is 0 Å². The fraction of sp³-hybridized carbons (Fsp3) is 0.600. The van der Waals surface area contributed by atoms with Gasteiger partial charge in [0.05, 0.1) is 6.54 Å². The number of carbonyl (C=O) groups is 2. The lowest BCUT2D eigenvalue weighted by molar-refractivity contribution is -0.121. The number of carbonyl (C=O) groups excluding carboxylic acids is 1. The number of nitrogens with two attached hydrogens (primary N) is 1. The van der Waals surface area contributed by atoms with Gasteiger partial charge in [0.2, 0.25) is 11.7 Å². The van der Waals surface area contributed by atoms with E-state index < -0.39 is 5.97 Å². The van der Waals surface area contributed by atoms with E-state index in [0.29, 0.717) is 24.6 Å². The average Bonchev–Trinajstić information content (AvgIpc) is 2.92. The molecular formula is C15H24N2O4. The second-order valence-electron chi connectivity index (χ2n) is 5.12. The first-order valence-corrected chi connectivity index (χ1v) is 7.35. The molecule has 6 heteroatoms. The Morgan fingerprint density at radius 1 is 1.33 bits per heavy atom. The number of aromatic carboxylic acids is 1. The van der Waals surface area contributed by atoms with Crippen LogP contribution in [-0.2, 0) is 11.3 Å². The molecule has 6 nitrogen and oxygen atoms in total. The molecule has 0 saturated heterocycles. The highest BCUT2D eigenvalue weighted by atomic mass is 16.4. The van der Waals surface area contributed by atoms with E-state index in [-0.39, 0.29) is 18.2 Å². The zero-order valence-corrected chi connectivity index (χ0v) is 12.4. The normalized spacial score (nSPS) is 12.1. The van der Waals surface area contributed by atoms with Gasteiger partial charge in [-0.25, -0.2) is 4.79 Å². The first kappa shape index (κ1) is 17.2. The molecule has 0 radical (unpaired) electrons. The van der Waals surface area contributed by atoms with E-state index in [4.69, 9.17) is 15.3 Å². The summed E-state index contributed by atoms with van der Waals surface area (Å²) in [5.74, 6) is -0.357. The van der Waals surface area contributed by atoms with Crippen molar-refractivity contribution in [3.8, 4) is 0 Å². The van der Waals surface area contributed by atoms with Gasteiger partial charge in [0.1, 0.15) is 5.76 Å². The quantitative estimate of drug-likeness (QED) is 0.613. The van der Waals surface area contributed by atoms with Gasteiger partial charge in [-0.2, -0.15) is 0 Å². The lowest BCUT2D eigenvalue weighted by atomic mass is 9.94. The Balaban J connectivity index is 2.31. The monoisotopic (exact) mass is 296 g/mol. The Morgan fingerprint density at radius 3 is 2.67 bits per heavy atom. The zero-order chi connectivity index (χ0) is 15.7. The van der Waals surface area contributed by atoms with E-state index in [1.807, 2.05) is 0 Å². The Labute approximate surface area is 124 Å². The molecule has 1 aromatic rings. The van der Waals surface area contributed by atoms with Crippen LogP contribution in [0.2, 0.25) is 0 Å². The molecule has 0 aromatic carbocycles. The molecular weight excluding hydrogens is 272 g/mol. The minimum absolute atomic E-state index is 0.0543. The minimum Gasteiger partial charge on any atom is -0.475 e. The summed E-state index contributed by atoms with van der Waals surface area (Å²) in [5, 5.41) is 11.5. The maximum absolute atomic E-state index is 11.8. The predicted molar refractivity (Wildman–Crippen MR) is 78.8 cm³/mol. The number of hydrogen-bond acceptors (Lipinski definition) is 4. The van der Waals surface area contributed by atoms with Gasteiger partial charge in [0.25, 0.3) is 0 Å². The number of rotatable bonds is 10. The third-order valence-corrected chi connectivity index (χ3v) is 3.38. The lowest BCUT2D eigenvalue weighted by Crippen LogP contribution is -2.23. The maximum atomic E-state index is 11.8. The summed E-state index contributed by atoms with van der Waals surface area (Å²) in [6, 6.07) is 2.93. The second-order valence-corrected chi connectivity index (χ2v) is 5.12. The van der Waals surface area contributed by atoms with Gasteiger partial charge in [-0.15, -0.1) is 0 Å². The molecule has 1 aromatic heterocycles. The van der Waals surface area contributed by atoms with Gasteiger partial charge >= 0.3 is 5.97 Å². The van der Waals surface area contributed by atoms with Gasteiger partial charge in [0, 0.05) is 6.42 Å². The first-order valence-electron chi connectivity index (χ1n) is 7.35. The van der Waals surface area contributed by atoms with E-state index in [1.54, 1.807) is 6.07 Å². The van der Waals surface area contributed by atoms with Crippen LogP contribution >= 0.6 is 0 Å². The summed E-state index contributed by atoms with van der Waals surface area (Å²) in [7, 11) is 0. The van der Waals surface area contributed by atoms with Crippen LogP contribution in [0.1, 0.15) is 55.3 Å². The first-order chi connectivity index (χ1) is 10.1. The Kier molecular flexibility index (Phi) is 7.53. The molecule has 0 saturated carbocycles. The van der Waals surface area contributed by atoms with Crippen molar-refractivity contribution in [2.24, 2.45) is 11.7 Å². The zero-order valence-electron chi connectivity index (χ0n) is 12.4. The number of carboxylic acid groups (broad SMARTS) is 1. The summed E-state index contributed by atoms with van der Waals surface area (Å²) in [6.45, 7) is 2.98. The molecule has 0 aliphatic rings. The van der Waals surface area contributed by atoms with E-state index in [1.165, 1.54) is 6.07 Å². The van der Waals surface area contributed by atoms with Crippen molar-refractivity contribution in [2.75, 3.05) is 6.54 Å². The van der Waals surface area contributed by atoms with Crippen molar-refractivity contribution >= 4 is 11.9 Å². The Morgan fingerprint density at radius 2 is 2.10 bits per heavy atom. The molecule has 0 bridgehead atoms. The SMILES string of the molecule is CCCC(CCN)CCC(=O)NCc1ccc(C(=O)O)o1. The number of carboxylic acids is 1. The van der Waals surface area contributed by atoms with E-state index in [0.717, 1.165) is 25.7 Å². The third-order valence-electron chi connectivity index (χ3n) is 3.38. The number of hydrogen-bond donors (Lipinski definition) is 3. The molecule has 1 amide bonds. The van der Waals surface area contributed by atoms with Crippen LogP contribution in [0, 0.1) is 5.92 Å². The van der Waals surface area contributed by atoms with Crippen LogP contribution in [0.3, 0.4) is 0 Å². The van der Waals surface area contributed by atoms with Gasteiger partial charge < -0.3 is 20.6 Å². The van der Waals surface area contributed by atoms with Crippen LogP contribution in [0.5, 0.6) is 0 Å². The van der Waals surface area contributed by atoms with Crippen molar-refractivity contribution in [2.45, 2.75) is 45.6 Å². The number of amides is 1. The van der Waals surface area contributed by atoms with Gasteiger partial charge in [-0.1, -0.05) is 19.8 Å². The smallest absolute Gasteiger partial charge is 0.371 e. The van der Waals surface area contributed by atoms with E-state index in [2.05, 4.69) is 12.2 Å². The fourth-order valence-electron chi connectivity index (χ4n) is 2.27. The van der Waals surface area contributed by atoms with Crippen LogP contribution in [-0.4, -0.2) is 23.5 Å². The molecule has 1 unspecified atom stereocenters. The van der Waals surface area contributed by atoms with Crippen LogP contribution in [0.4, 0.5) is 0 Å². The Hall–Kier alpha value is -1.82. The second kappa shape index (κ2) is 9.18. The number of furan rings is 1. The highest BCUT2D eigenvalue weighted by Gasteiger charge is 2.12. The standard InChI is InChI=1S/C15H24N2O4/c1-2-3-11(8-9-16)4-7-14(18)17-10-12-5-6-13(21-12)15(19)20/h5-6,11H,2-4,7-10,16H2,1H3,(H,17,18)(H,19,20). The number of nitrogens with one attached hydrogen (secondary N) is 1. The molecule has 21 heavy (non-hydrogen) atoms. The van der Waals surface area contributed by atoms with Crippen molar-refractivity contribution in [1.82, 2.24) is 5.32 Å². The average molecular weight is 296 g/mol. The Bertz CT molecular complexity index is 450. The molecule has 1 rings (SSSR count).